The molecule has 6 nitrogen and oxygen atoms in total. The highest BCUT2D eigenvalue weighted by molar-refractivity contribution is 6.30. The summed E-state index contributed by atoms with van der Waals surface area (Å²) in [7, 11) is 0. The molecule has 4 rings (SSSR count). The van der Waals surface area contributed by atoms with E-state index in [1.54, 1.807) is 10.7 Å². The fourth-order valence-corrected chi connectivity index (χ4v) is 4.18. The van der Waals surface area contributed by atoms with Crippen LogP contribution in [0.25, 0.3) is 11.4 Å². The van der Waals surface area contributed by atoms with Crippen LogP contribution in [0.1, 0.15) is 19.2 Å². The molecule has 152 valence electrons. The van der Waals surface area contributed by atoms with Crippen LogP contribution in [0.4, 0.5) is 4.39 Å². The quantitative estimate of drug-likeness (QED) is 0.785. The number of amides is 1. The van der Waals surface area contributed by atoms with E-state index in [4.69, 9.17) is 11.6 Å². The van der Waals surface area contributed by atoms with E-state index < -0.39 is 11.9 Å². The molecule has 1 saturated carbocycles. The number of benzene rings is 1. The molecule has 2 N–H and O–H groups in total. The molecule has 29 heavy (non-hydrogen) atoms. The predicted octanol–water partition coefficient (Wildman–Crippen LogP) is 2.91. The van der Waals surface area contributed by atoms with Crippen molar-refractivity contribution in [3.8, 4) is 11.4 Å². The van der Waals surface area contributed by atoms with Crippen molar-refractivity contribution in [1.82, 2.24) is 20.1 Å². The molecular formula is C21H22ClFN4O2. The predicted molar refractivity (Wildman–Crippen MR) is 108 cm³/mol. The Morgan fingerprint density at radius 1 is 1.38 bits per heavy atom. The third-order valence-corrected chi connectivity index (χ3v) is 5.82. The van der Waals surface area contributed by atoms with Gasteiger partial charge in [-0.3, -0.25) is 4.79 Å². The van der Waals surface area contributed by atoms with Gasteiger partial charge >= 0.3 is 0 Å². The lowest BCUT2D eigenvalue weighted by Crippen LogP contribution is -2.44. The first kappa shape index (κ1) is 19.8. The number of halogens is 2. The normalized spacial score (nSPS) is 25.2. The lowest BCUT2D eigenvalue weighted by Gasteiger charge is -2.24. The smallest absolute Gasteiger partial charge is 0.227 e. The molecule has 2 aliphatic rings. The van der Waals surface area contributed by atoms with Gasteiger partial charge in [0.15, 0.2) is 5.82 Å². The second-order valence-electron chi connectivity index (χ2n) is 7.38. The van der Waals surface area contributed by atoms with Gasteiger partial charge in [0.2, 0.25) is 5.91 Å². The average Bonchev–Trinajstić information content (AvgIpc) is 3.25. The molecular weight excluding hydrogens is 395 g/mol. The molecule has 0 aliphatic heterocycles. The van der Waals surface area contributed by atoms with Gasteiger partial charge in [-0.1, -0.05) is 35.9 Å². The highest BCUT2D eigenvalue weighted by atomic mass is 35.5. The lowest BCUT2D eigenvalue weighted by molar-refractivity contribution is -0.122. The monoisotopic (exact) mass is 416 g/mol. The fraction of sp³-hybridized carbons (Fsp3) is 0.381. The number of aryl methyl sites for hydroxylation is 1. The Morgan fingerprint density at radius 3 is 2.93 bits per heavy atom. The molecule has 1 heterocycles. The van der Waals surface area contributed by atoms with Crippen LogP contribution >= 0.6 is 11.6 Å². The Balaban J connectivity index is 1.49. The second kappa shape index (κ2) is 8.08. The summed E-state index contributed by atoms with van der Waals surface area (Å²) in [6, 6.07) is 4.05. The molecule has 0 radical (unpaired) electrons. The molecule has 4 atom stereocenters. The SMILES string of the molecule is CCn1nc(-c2ccc(Cl)c(F)c2)nc1CC(=O)NC1C2C=CC=CC2C[C@H]1O. The van der Waals surface area contributed by atoms with Gasteiger partial charge in [0.1, 0.15) is 11.6 Å². The van der Waals surface area contributed by atoms with E-state index in [0.29, 0.717) is 30.2 Å². The minimum atomic E-state index is -0.585. The highest BCUT2D eigenvalue weighted by Crippen LogP contribution is 2.36. The van der Waals surface area contributed by atoms with Crippen LogP contribution in [-0.2, 0) is 17.8 Å². The van der Waals surface area contributed by atoms with Crippen molar-refractivity contribution < 1.29 is 14.3 Å². The van der Waals surface area contributed by atoms with E-state index in [9.17, 15) is 14.3 Å². The van der Waals surface area contributed by atoms with Gasteiger partial charge in [0.25, 0.3) is 0 Å². The second-order valence-corrected chi connectivity index (χ2v) is 7.79. The number of hydrogen-bond acceptors (Lipinski definition) is 4. The lowest BCUT2D eigenvalue weighted by atomic mass is 9.90. The molecule has 0 saturated heterocycles. The summed E-state index contributed by atoms with van der Waals surface area (Å²) in [6.07, 6.45) is 8.11. The van der Waals surface area contributed by atoms with Crippen molar-refractivity contribution in [3.63, 3.8) is 0 Å². The molecule has 3 unspecified atom stereocenters. The van der Waals surface area contributed by atoms with Crippen LogP contribution in [0.3, 0.4) is 0 Å². The maximum Gasteiger partial charge on any atom is 0.227 e. The molecule has 0 spiro atoms. The standard InChI is InChI=1S/C21H22ClFN4O2/c1-2-27-18(24-21(26-27)13-7-8-15(22)16(23)9-13)11-19(29)25-20-14-6-4-3-5-12(14)10-17(20)28/h3-9,12,14,17,20,28H,2,10-11H2,1H3,(H,25,29)/t12?,14?,17-,20?/m1/s1. The van der Waals surface area contributed by atoms with E-state index in [-0.39, 0.29) is 35.2 Å². The number of aliphatic hydroxyl groups is 1. The summed E-state index contributed by atoms with van der Waals surface area (Å²) in [6.45, 7) is 2.42. The Labute approximate surface area is 173 Å². The Kier molecular flexibility index (Phi) is 5.52. The Morgan fingerprint density at radius 2 is 2.17 bits per heavy atom. The van der Waals surface area contributed by atoms with E-state index in [0.717, 1.165) is 0 Å². The van der Waals surface area contributed by atoms with Gasteiger partial charge in [0.05, 0.1) is 23.6 Å². The number of nitrogens with one attached hydrogen (secondary N) is 1. The first-order valence-corrected chi connectivity index (χ1v) is 10.1. The van der Waals surface area contributed by atoms with Crippen LogP contribution < -0.4 is 5.32 Å². The molecule has 8 heteroatoms. The topological polar surface area (TPSA) is 80.0 Å². The molecule has 1 fully saturated rings. The van der Waals surface area contributed by atoms with Crippen molar-refractivity contribution in [3.05, 3.63) is 59.2 Å². The van der Waals surface area contributed by atoms with E-state index in [1.165, 1.54) is 12.1 Å². The van der Waals surface area contributed by atoms with Crippen molar-refractivity contribution in [2.24, 2.45) is 11.8 Å². The van der Waals surface area contributed by atoms with Crippen molar-refractivity contribution in [1.29, 1.82) is 0 Å². The molecule has 1 aromatic carbocycles. The maximum absolute atomic E-state index is 13.8. The molecule has 2 aromatic rings. The molecule has 0 bridgehead atoms. The van der Waals surface area contributed by atoms with Crippen molar-refractivity contribution in [2.75, 3.05) is 0 Å². The minimum Gasteiger partial charge on any atom is -0.391 e. The number of nitrogens with zero attached hydrogens (tertiary/aromatic N) is 3. The number of rotatable bonds is 5. The van der Waals surface area contributed by atoms with Crippen LogP contribution in [-0.4, -0.2) is 37.9 Å². The number of carbonyl (C=O) groups excluding carboxylic acids is 1. The van der Waals surface area contributed by atoms with Crippen LogP contribution in [0.5, 0.6) is 0 Å². The Hall–Kier alpha value is -2.51. The van der Waals surface area contributed by atoms with Crippen LogP contribution in [0, 0.1) is 17.7 Å². The summed E-state index contributed by atoms with van der Waals surface area (Å²) in [5.41, 5.74) is 0.494. The van der Waals surface area contributed by atoms with Crippen molar-refractivity contribution >= 4 is 17.5 Å². The number of aliphatic hydroxyl groups excluding tert-OH is 1. The molecule has 1 aromatic heterocycles. The number of fused-ring (bicyclic) bond motifs is 1. The first-order valence-electron chi connectivity index (χ1n) is 9.68. The summed E-state index contributed by atoms with van der Waals surface area (Å²) in [4.78, 5) is 17.1. The first-order chi connectivity index (χ1) is 14.0. The summed E-state index contributed by atoms with van der Waals surface area (Å²) in [5.74, 6) is 0.385. The number of aromatic nitrogens is 3. The molecule has 1 amide bonds. The summed E-state index contributed by atoms with van der Waals surface area (Å²) >= 11 is 5.74. The van der Waals surface area contributed by atoms with Gasteiger partial charge in [0, 0.05) is 18.0 Å². The van der Waals surface area contributed by atoms with Gasteiger partial charge in [-0.2, -0.15) is 5.10 Å². The highest BCUT2D eigenvalue weighted by Gasteiger charge is 2.41. The molecule has 2 aliphatic carbocycles. The largest absolute Gasteiger partial charge is 0.391 e. The van der Waals surface area contributed by atoms with Crippen LogP contribution in [0.15, 0.2) is 42.5 Å². The third-order valence-electron chi connectivity index (χ3n) is 5.51. The van der Waals surface area contributed by atoms with E-state index in [1.807, 2.05) is 25.2 Å². The summed E-state index contributed by atoms with van der Waals surface area (Å²) in [5, 5.41) is 17.7. The zero-order chi connectivity index (χ0) is 20.5. The zero-order valence-corrected chi connectivity index (χ0v) is 16.7. The van der Waals surface area contributed by atoms with E-state index >= 15 is 0 Å². The zero-order valence-electron chi connectivity index (χ0n) is 15.9. The number of allylic oxidation sites excluding steroid dienone is 3. The van der Waals surface area contributed by atoms with Crippen LogP contribution in [0.2, 0.25) is 5.02 Å². The van der Waals surface area contributed by atoms with Crippen molar-refractivity contribution in [2.45, 2.75) is 38.5 Å². The van der Waals surface area contributed by atoms with Gasteiger partial charge in [-0.25, -0.2) is 14.1 Å². The number of hydrogen-bond donors (Lipinski definition) is 2. The Bertz CT molecular complexity index is 987. The number of carbonyl (C=O) groups is 1. The minimum absolute atomic E-state index is 0.0249. The van der Waals surface area contributed by atoms with E-state index in [2.05, 4.69) is 21.5 Å². The van der Waals surface area contributed by atoms with Gasteiger partial charge in [-0.15, -0.1) is 0 Å². The summed E-state index contributed by atoms with van der Waals surface area (Å²) < 4.78 is 15.4. The fourth-order valence-electron chi connectivity index (χ4n) is 4.06. The maximum atomic E-state index is 13.8. The van der Waals surface area contributed by atoms with Gasteiger partial charge in [-0.05, 0) is 37.5 Å². The third kappa shape index (κ3) is 3.97. The average molecular weight is 417 g/mol. The van der Waals surface area contributed by atoms with Gasteiger partial charge < -0.3 is 10.4 Å².